The van der Waals surface area contributed by atoms with Gasteiger partial charge in [-0.3, -0.25) is 4.98 Å². The Morgan fingerprint density at radius 3 is 1.30 bits per heavy atom. The number of aromatic nitrogens is 4. The molecule has 12 aromatic rings. The molecule has 0 unspecified atom stereocenters. The Hall–Kier alpha value is -8.08. The standard InChI is InChI=1S/C56H34N4/c1-2-15-35(16-3-1)54-58-55(60-56(59-54)52-45-23-9-6-17-36(45)29-39-20-14-28-57-53(39)52)42-31-40(50-33-37-18-4-7-21-43(37)46-24-10-12-26-48(46)50)30-41(32-42)51-34-38-19-5-8-22-44(38)47-25-11-13-27-49(47)51/h1-34H. The molecule has 0 aliphatic rings. The fraction of sp³-hybridized carbons (Fsp3) is 0. The molecule has 10 aromatic carbocycles. The monoisotopic (exact) mass is 762 g/mol. The predicted octanol–water partition coefficient (Wildman–Crippen LogP) is 14.5. The zero-order valence-electron chi connectivity index (χ0n) is 32.4. The van der Waals surface area contributed by atoms with Crippen LogP contribution in [0.25, 0.3) is 121 Å². The Labute approximate surface area is 346 Å². The first-order valence-corrected chi connectivity index (χ1v) is 20.3. The van der Waals surface area contributed by atoms with Crippen molar-refractivity contribution in [2.45, 2.75) is 0 Å². The van der Waals surface area contributed by atoms with E-state index in [1.165, 1.54) is 43.1 Å². The maximum absolute atomic E-state index is 5.43. The van der Waals surface area contributed by atoms with Gasteiger partial charge in [0, 0.05) is 22.7 Å². The molecule has 4 nitrogen and oxygen atoms in total. The molecule has 0 amide bonds. The van der Waals surface area contributed by atoms with E-state index in [4.69, 9.17) is 19.9 Å². The molecule has 4 heteroatoms. The minimum atomic E-state index is 0.582. The first kappa shape index (κ1) is 34.0. The SMILES string of the molecule is c1ccc(-c2nc(-c3cc(-c4cc5ccccc5c5ccccc45)cc(-c4cc5ccccc5c5ccccc45)c3)nc(-c3c4ccccc4cc4cccnc34)n2)cc1. The number of nitrogens with zero attached hydrogens (tertiary/aromatic N) is 4. The zero-order chi connectivity index (χ0) is 39.6. The number of hydrogen-bond donors (Lipinski definition) is 0. The molecule has 0 atom stereocenters. The predicted molar refractivity (Wildman–Crippen MR) is 250 cm³/mol. The van der Waals surface area contributed by atoms with E-state index in [-0.39, 0.29) is 0 Å². The van der Waals surface area contributed by atoms with Crippen LogP contribution in [0.15, 0.2) is 206 Å². The van der Waals surface area contributed by atoms with Crippen molar-refractivity contribution in [2.24, 2.45) is 0 Å². The van der Waals surface area contributed by atoms with E-state index in [1.54, 1.807) is 0 Å². The summed E-state index contributed by atoms with van der Waals surface area (Å²) < 4.78 is 0. The summed E-state index contributed by atoms with van der Waals surface area (Å²) in [7, 11) is 0. The molecule has 0 bridgehead atoms. The van der Waals surface area contributed by atoms with Crippen LogP contribution in [0.2, 0.25) is 0 Å². The molecular weight excluding hydrogens is 729 g/mol. The highest BCUT2D eigenvalue weighted by molar-refractivity contribution is 6.16. The summed E-state index contributed by atoms with van der Waals surface area (Å²) in [6.45, 7) is 0. The lowest BCUT2D eigenvalue weighted by Crippen LogP contribution is -2.02. The third-order valence-electron chi connectivity index (χ3n) is 11.9. The van der Waals surface area contributed by atoms with Crippen LogP contribution >= 0.6 is 0 Å². The van der Waals surface area contributed by atoms with Crippen LogP contribution in [0.3, 0.4) is 0 Å². The second-order valence-corrected chi connectivity index (χ2v) is 15.4. The molecule has 0 radical (unpaired) electrons. The van der Waals surface area contributed by atoms with Gasteiger partial charge in [-0.2, -0.15) is 0 Å². The zero-order valence-corrected chi connectivity index (χ0v) is 32.4. The van der Waals surface area contributed by atoms with Crippen molar-refractivity contribution in [3.63, 3.8) is 0 Å². The highest BCUT2D eigenvalue weighted by Crippen LogP contribution is 2.42. The lowest BCUT2D eigenvalue weighted by atomic mass is 9.88. The van der Waals surface area contributed by atoms with Crippen LogP contribution in [0.5, 0.6) is 0 Å². The number of fused-ring (bicyclic) bond motifs is 8. The fourth-order valence-corrected chi connectivity index (χ4v) is 9.10. The van der Waals surface area contributed by atoms with Gasteiger partial charge in [-0.1, -0.05) is 158 Å². The van der Waals surface area contributed by atoms with Crippen molar-refractivity contribution in [2.75, 3.05) is 0 Å². The van der Waals surface area contributed by atoms with Crippen molar-refractivity contribution in [3.8, 4) is 56.4 Å². The number of rotatable bonds is 5. The lowest BCUT2D eigenvalue weighted by Gasteiger charge is -2.17. The topological polar surface area (TPSA) is 51.6 Å². The first-order valence-electron chi connectivity index (χ1n) is 20.3. The van der Waals surface area contributed by atoms with Crippen LogP contribution in [0.4, 0.5) is 0 Å². The van der Waals surface area contributed by atoms with E-state index >= 15 is 0 Å². The molecule has 2 aromatic heterocycles. The molecule has 0 aliphatic heterocycles. The van der Waals surface area contributed by atoms with Gasteiger partial charge in [0.1, 0.15) is 0 Å². The van der Waals surface area contributed by atoms with E-state index in [0.29, 0.717) is 17.5 Å². The van der Waals surface area contributed by atoms with Gasteiger partial charge in [0.05, 0.1) is 11.1 Å². The summed E-state index contributed by atoms with van der Waals surface area (Å²) in [5, 5.41) is 12.9. The van der Waals surface area contributed by atoms with E-state index in [0.717, 1.165) is 60.6 Å². The Morgan fingerprint density at radius 1 is 0.267 bits per heavy atom. The maximum atomic E-state index is 5.43. The van der Waals surface area contributed by atoms with Gasteiger partial charge in [-0.25, -0.2) is 15.0 Å². The molecule has 0 saturated heterocycles. The fourth-order valence-electron chi connectivity index (χ4n) is 9.10. The third-order valence-corrected chi connectivity index (χ3v) is 11.9. The summed E-state index contributed by atoms with van der Waals surface area (Å²) in [6, 6.07) is 71.2. The Balaban J connectivity index is 1.19. The molecule has 0 saturated carbocycles. The smallest absolute Gasteiger partial charge is 0.166 e. The summed E-state index contributed by atoms with van der Waals surface area (Å²) in [5.41, 5.74) is 8.03. The van der Waals surface area contributed by atoms with Gasteiger partial charge in [0.15, 0.2) is 17.5 Å². The molecule has 60 heavy (non-hydrogen) atoms. The molecular formula is C56H34N4. The van der Waals surface area contributed by atoms with Crippen molar-refractivity contribution >= 4 is 64.8 Å². The Kier molecular flexibility index (Phi) is 7.82. The summed E-state index contributed by atoms with van der Waals surface area (Å²) in [4.78, 5) is 20.9. The van der Waals surface area contributed by atoms with Crippen molar-refractivity contribution < 1.29 is 0 Å². The molecule has 0 fully saturated rings. The minimum absolute atomic E-state index is 0.582. The lowest BCUT2D eigenvalue weighted by molar-refractivity contribution is 1.08. The first-order chi connectivity index (χ1) is 29.7. The largest absolute Gasteiger partial charge is 0.255 e. The van der Waals surface area contributed by atoms with Gasteiger partial charge >= 0.3 is 0 Å². The molecule has 278 valence electrons. The van der Waals surface area contributed by atoms with E-state index in [2.05, 4.69) is 176 Å². The average Bonchev–Trinajstić information content (AvgIpc) is 3.32. The average molecular weight is 763 g/mol. The second-order valence-electron chi connectivity index (χ2n) is 15.4. The highest BCUT2D eigenvalue weighted by Gasteiger charge is 2.20. The van der Waals surface area contributed by atoms with Gasteiger partial charge in [0.25, 0.3) is 0 Å². The number of pyridine rings is 1. The van der Waals surface area contributed by atoms with E-state index in [1.807, 2.05) is 30.5 Å². The molecule has 0 spiro atoms. The Bertz CT molecular complexity index is 3480. The van der Waals surface area contributed by atoms with Crippen LogP contribution < -0.4 is 0 Å². The molecule has 12 rings (SSSR count). The van der Waals surface area contributed by atoms with Gasteiger partial charge in [0.2, 0.25) is 0 Å². The van der Waals surface area contributed by atoms with Crippen molar-refractivity contribution in [1.82, 2.24) is 19.9 Å². The van der Waals surface area contributed by atoms with Crippen LogP contribution in [0, 0.1) is 0 Å². The number of benzene rings is 10. The van der Waals surface area contributed by atoms with Crippen LogP contribution in [-0.2, 0) is 0 Å². The second kappa shape index (κ2) is 13.8. The van der Waals surface area contributed by atoms with Crippen molar-refractivity contribution in [3.05, 3.63) is 206 Å². The summed E-state index contributed by atoms with van der Waals surface area (Å²) in [6.07, 6.45) is 1.85. The third kappa shape index (κ3) is 5.61. The van der Waals surface area contributed by atoms with E-state index < -0.39 is 0 Å². The molecule has 0 aliphatic carbocycles. The Morgan fingerprint density at radius 2 is 0.700 bits per heavy atom. The molecule has 2 heterocycles. The van der Waals surface area contributed by atoms with Crippen LogP contribution in [-0.4, -0.2) is 19.9 Å². The van der Waals surface area contributed by atoms with Gasteiger partial charge in [-0.15, -0.1) is 0 Å². The van der Waals surface area contributed by atoms with Crippen molar-refractivity contribution in [1.29, 1.82) is 0 Å². The highest BCUT2D eigenvalue weighted by atomic mass is 15.0. The summed E-state index contributed by atoms with van der Waals surface area (Å²) in [5.74, 6) is 1.78. The van der Waals surface area contributed by atoms with Gasteiger partial charge in [-0.05, 0) is 119 Å². The van der Waals surface area contributed by atoms with Crippen LogP contribution in [0.1, 0.15) is 0 Å². The van der Waals surface area contributed by atoms with E-state index in [9.17, 15) is 0 Å². The van der Waals surface area contributed by atoms with Gasteiger partial charge < -0.3 is 0 Å². The minimum Gasteiger partial charge on any atom is -0.255 e. The number of hydrogen-bond acceptors (Lipinski definition) is 4. The summed E-state index contributed by atoms with van der Waals surface area (Å²) >= 11 is 0. The maximum Gasteiger partial charge on any atom is 0.166 e. The molecule has 0 N–H and O–H groups in total. The quantitative estimate of drug-likeness (QED) is 0.129. The normalized spacial score (nSPS) is 11.7.